The Labute approximate surface area is 322 Å². The molecule has 14 nitrogen and oxygen atoms in total. The molecule has 6 saturated heterocycles. The molecule has 8 N–H and O–H groups in total. The molecule has 2 aromatic carbocycles. The fraction of sp³-hybridized carbons (Fsp3) is 0.450. The van der Waals surface area contributed by atoms with Crippen LogP contribution in [0.3, 0.4) is 0 Å². The second-order valence-corrected chi connectivity index (χ2v) is 15.3. The number of nitrogens with zero attached hydrogens (tertiary/aromatic N) is 4. The molecular formula is C40H54N4O10S. The number of aromatic nitrogens is 2. The molecule has 6 aliphatic rings. The third kappa shape index (κ3) is 9.86. The third-order valence-corrected chi connectivity index (χ3v) is 11.6. The Morgan fingerprint density at radius 3 is 1.42 bits per heavy atom. The molecule has 2 unspecified atom stereocenters. The number of aliphatic hydroxyl groups excluding tert-OH is 2. The maximum absolute atomic E-state index is 11.2. The molecule has 10 atom stereocenters. The summed E-state index contributed by atoms with van der Waals surface area (Å²) in [6.07, 6.45) is 11.2. The van der Waals surface area contributed by atoms with Crippen LogP contribution in [0, 0.1) is 23.7 Å². The molecule has 0 radical (unpaired) electrons. The van der Waals surface area contributed by atoms with Gasteiger partial charge >= 0.3 is 10.4 Å². The fourth-order valence-electron chi connectivity index (χ4n) is 8.89. The van der Waals surface area contributed by atoms with Crippen LogP contribution in [0.5, 0.6) is 11.5 Å². The predicted molar refractivity (Wildman–Crippen MR) is 211 cm³/mol. The maximum Gasteiger partial charge on any atom is 0.394 e. The van der Waals surface area contributed by atoms with E-state index in [1.165, 1.54) is 12.8 Å². The van der Waals surface area contributed by atoms with Crippen molar-refractivity contribution in [2.45, 2.75) is 50.0 Å². The minimum absolute atomic E-state index is 0. The Balaban J connectivity index is 0.000000211. The molecule has 2 aromatic heterocycles. The zero-order valence-electron chi connectivity index (χ0n) is 31.2. The van der Waals surface area contributed by atoms with Crippen molar-refractivity contribution in [3.8, 4) is 11.5 Å². The van der Waals surface area contributed by atoms with Gasteiger partial charge in [-0.3, -0.25) is 28.9 Å². The van der Waals surface area contributed by atoms with Crippen LogP contribution in [0.1, 0.15) is 49.0 Å². The molecule has 4 aromatic rings. The number of methoxy groups -OCH3 is 2. The lowest BCUT2D eigenvalue weighted by atomic mass is 9.73. The van der Waals surface area contributed by atoms with Crippen LogP contribution in [0.25, 0.3) is 21.8 Å². The van der Waals surface area contributed by atoms with Gasteiger partial charge in [0.25, 0.3) is 0 Å². The number of hydrogen-bond acceptors (Lipinski definition) is 10. The van der Waals surface area contributed by atoms with Gasteiger partial charge in [-0.2, -0.15) is 8.42 Å². The Morgan fingerprint density at radius 1 is 0.727 bits per heavy atom. The highest BCUT2D eigenvalue weighted by Gasteiger charge is 2.43. The van der Waals surface area contributed by atoms with Crippen molar-refractivity contribution in [3.05, 3.63) is 97.4 Å². The van der Waals surface area contributed by atoms with E-state index in [0.717, 1.165) is 83.5 Å². The summed E-state index contributed by atoms with van der Waals surface area (Å²) in [5.41, 5.74) is 3.69. The molecule has 6 fully saturated rings. The van der Waals surface area contributed by atoms with Gasteiger partial charge < -0.3 is 30.6 Å². The lowest BCUT2D eigenvalue weighted by Gasteiger charge is -2.50. The molecule has 0 spiro atoms. The molecule has 0 saturated carbocycles. The molecule has 8 heterocycles. The van der Waals surface area contributed by atoms with Gasteiger partial charge in [-0.15, -0.1) is 13.2 Å². The van der Waals surface area contributed by atoms with Crippen LogP contribution < -0.4 is 9.47 Å². The van der Waals surface area contributed by atoms with Crippen molar-refractivity contribution in [1.82, 2.24) is 19.8 Å². The van der Waals surface area contributed by atoms with Gasteiger partial charge in [0.05, 0.1) is 37.5 Å². The first kappa shape index (κ1) is 43.7. The largest absolute Gasteiger partial charge is 0.497 e. The van der Waals surface area contributed by atoms with E-state index in [4.69, 9.17) is 27.0 Å². The van der Waals surface area contributed by atoms with Gasteiger partial charge in [0.1, 0.15) is 11.5 Å². The van der Waals surface area contributed by atoms with Gasteiger partial charge in [-0.25, -0.2) is 0 Å². The van der Waals surface area contributed by atoms with Crippen molar-refractivity contribution in [1.29, 1.82) is 0 Å². The van der Waals surface area contributed by atoms with Crippen LogP contribution in [0.4, 0.5) is 0 Å². The molecule has 300 valence electrons. The summed E-state index contributed by atoms with van der Waals surface area (Å²) in [6, 6.07) is 15.9. The maximum atomic E-state index is 11.2. The summed E-state index contributed by atoms with van der Waals surface area (Å²) in [7, 11) is -1.34. The highest BCUT2D eigenvalue weighted by atomic mass is 32.3. The van der Waals surface area contributed by atoms with Crippen molar-refractivity contribution in [3.63, 3.8) is 0 Å². The standard InChI is InChI=1S/2C20H24N2O2.H2O4S.2H2O/c2*1-3-13-12-22-9-7-14(13)10-19(22)20(23)16-6-8-21-18-5-4-15(24-2)11-17(16)18;1-5(2,3)4;;/h2*3-6,8,11,13-14,19-20,23H,1,7,9-10,12H2,2H3;(H2,1,2,3,4);2*1H2/t2*13-,14-,19-,20-;;;/m00.../s1. The number of piperidine rings is 6. The molecule has 4 bridgehead atoms. The first-order valence-electron chi connectivity index (χ1n) is 18.1. The number of rotatable bonds is 8. The van der Waals surface area contributed by atoms with Gasteiger partial charge in [-0.1, -0.05) is 12.2 Å². The summed E-state index contributed by atoms with van der Waals surface area (Å²) in [5, 5.41) is 24.3. The van der Waals surface area contributed by atoms with E-state index in [1.54, 1.807) is 26.6 Å². The van der Waals surface area contributed by atoms with E-state index >= 15 is 0 Å². The minimum Gasteiger partial charge on any atom is -0.497 e. The molecule has 15 heteroatoms. The molecule has 6 aliphatic heterocycles. The lowest BCUT2D eigenvalue weighted by molar-refractivity contribution is -0.0445. The Hall–Kier alpha value is -4.03. The van der Waals surface area contributed by atoms with Crippen LogP contribution in [-0.2, 0) is 10.4 Å². The van der Waals surface area contributed by atoms with E-state index in [9.17, 15) is 10.2 Å². The average Bonchev–Trinajstić information content (AvgIpc) is 3.19. The molecule has 10 rings (SSSR count). The third-order valence-electron chi connectivity index (χ3n) is 11.6. The summed E-state index contributed by atoms with van der Waals surface area (Å²) < 4.78 is 42.3. The van der Waals surface area contributed by atoms with E-state index < -0.39 is 22.6 Å². The fourth-order valence-corrected chi connectivity index (χ4v) is 8.89. The van der Waals surface area contributed by atoms with Crippen LogP contribution in [-0.4, -0.2) is 111 Å². The van der Waals surface area contributed by atoms with Gasteiger partial charge in [0.15, 0.2) is 0 Å². The number of hydrogen-bond donors (Lipinski definition) is 4. The van der Waals surface area contributed by atoms with E-state index in [1.807, 2.05) is 48.5 Å². The van der Waals surface area contributed by atoms with Crippen LogP contribution in [0.15, 0.2) is 86.2 Å². The second kappa shape index (κ2) is 18.7. The highest BCUT2D eigenvalue weighted by Crippen LogP contribution is 2.43. The quantitative estimate of drug-likeness (QED) is 0.147. The normalized spacial score (nSPS) is 27.5. The van der Waals surface area contributed by atoms with E-state index in [-0.39, 0.29) is 23.0 Å². The monoisotopic (exact) mass is 782 g/mol. The van der Waals surface area contributed by atoms with Gasteiger partial charge in [-0.05, 0) is 122 Å². The second-order valence-electron chi connectivity index (χ2n) is 14.4. The molecule has 0 aliphatic carbocycles. The minimum atomic E-state index is -4.67. The first-order chi connectivity index (χ1) is 25.4. The summed E-state index contributed by atoms with van der Waals surface area (Å²) in [4.78, 5) is 13.7. The van der Waals surface area contributed by atoms with Crippen molar-refractivity contribution < 1.29 is 48.2 Å². The Morgan fingerprint density at radius 2 is 1.11 bits per heavy atom. The van der Waals surface area contributed by atoms with E-state index in [2.05, 4.69) is 45.1 Å². The molecule has 55 heavy (non-hydrogen) atoms. The van der Waals surface area contributed by atoms with Crippen molar-refractivity contribution >= 4 is 32.2 Å². The Bertz CT molecular complexity index is 1900. The first-order valence-corrected chi connectivity index (χ1v) is 19.5. The van der Waals surface area contributed by atoms with Crippen LogP contribution in [0.2, 0.25) is 0 Å². The average molecular weight is 783 g/mol. The topological polar surface area (TPSA) is 229 Å². The number of benzene rings is 2. The van der Waals surface area contributed by atoms with Gasteiger partial charge in [0.2, 0.25) is 0 Å². The number of aliphatic hydroxyl groups is 2. The Kier molecular flexibility index (Phi) is 14.9. The predicted octanol–water partition coefficient (Wildman–Crippen LogP) is 4.04. The lowest BCUT2D eigenvalue weighted by Crippen LogP contribution is -2.54. The van der Waals surface area contributed by atoms with E-state index in [0.29, 0.717) is 23.7 Å². The number of pyridine rings is 2. The van der Waals surface area contributed by atoms with Gasteiger partial charge in [0, 0.05) is 48.3 Å². The SMILES string of the molecule is C=C[C@H]1CN2CC[C@H]1C[C@H]2[C@@H](O)c1ccnc2ccc(OC)cc12.C=C[C@H]1CN2CC[C@H]1C[C@H]2[C@@H](O)c1ccnc2ccc(OC)cc12.O.O.O=S(=O)(O)O. The zero-order chi connectivity index (χ0) is 37.9. The summed E-state index contributed by atoms with van der Waals surface area (Å²) in [6.45, 7) is 12.1. The molecular weight excluding hydrogens is 729 g/mol. The zero-order valence-corrected chi connectivity index (χ0v) is 32.1. The highest BCUT2D eigenvalue weighted by molar-refractivity contribution is 7.79. The van der Waals surface area contributed by atoms with Crippen LogP contribution >= 0.6 is 0 Å². The van der Waals surface area contributed by atoms with Crippen molar-refractivity contribution in [2.24, 2.45) is 23.7 Å². The molecule has 0 amide bonds. The smallest absolute Gasteiger partial charge is 0.394 e. The summed E-state index contributed by atoms with van der Waals surface area (Å²) in [5.74, 6) is 4.01. The number of fused-ring (bicyclic) bond motifs is 8. The van der Waals surface area contributed by atoms with Crippen molar-refractivity contribution in [2.75, 3.05) is 40.4 Å². The number of ether oxygens (including phenoxy) is 2. The summed E-state index contributed by atoms with van der Waals surface area (Å²) >= 11 is 0.